The van der Waals surface area contributed by atoms with E-state index in [2.05, 4.69) is 0 Å². The Balaban J connectivity index is 2.98. The molecule has 0 fully saturated rings. The van der Waals surface area contributed by atoms with Crippen molar-refractivity contribution in [2.24, 2.45) is 5.73 Å². The number of carbonyl (C=O) groups is 1. The molecule has 0 aliphatic heterocycles. The van der Waals surface area contributed by atoms with Crippen LogP contribution in [-0.2, 0) is 4.74 Å². The first-order valence-corrected chi connectivity index (χ1v) is 4.78. The van der Waals surface area contributed by atoms with Crippen LogP contribution in [0.1, 0.15) is 35.8 Å². The van der Waals surface area contributed by atoms with E-state index in [1.165, 1.54) is 12.1 Å². The number of ether oxygens (including phenoxy) is 1. The maximum atomic E-state index is 13.4. The lowest BCUT2D eigenvalue weighted by atomic mass is 10.1. The van der Waals surface area contributed by atoms with Crippen LogP contribution in [0.2, 0.25) is 0 Å². The highest BCUT2D eigenvalue weighted by Gasteiger charge is 2.13. The van der Waals surface area contributed by atoms with Crippen molar-refractivity contribution in [2.45, 2.75) is 19.9 Å². The van der Waals surface area contributed by atoms with Crippen molar-refractivity contribution in [1.29, 1.82) is 0 Å². The van der Waals surface area contributed by atoms with Crippen LogP contribution < -0.4 is 5.73 Å². The largest absolute Gasteiger partial charge is 0.462 e. The standard InChI is InChI=1S/C11H14FNO2/c1-3-15-11(14)9-5-4-8(7(2)13)6-10(9)12/h4-7H,3,13H2,1-2H3/t7-/m0/s1. The molecule has 0 bridgehead atoms. The van der Waals surface area contributed by atoms with Gasteiger partial charge in [0.15, 0.2) is 0 Å². The van der Waals surface area contributed by atoms with Crippen molar-refractivity contribution in [3.05, 3.63) is 35.1 Å². The highest BCUT2D eigenvalue weighted by molar-refractivity contribution is 5.89. The lowest BCUT2D eigenvalue weighted by molar-refractivity contribution is 0.0521. The smallest absolute Gasteiger partial charge is 0.341 e. The Morgan fingerprint density at radius 1 is 1.60 bits per heavy atom. The van der Waals surface area contributed by atoms with Crippen LogP contribution in [-0.4, -0.2) is 12.6 Å². The van der Waals surface area contributed by atoms with E-state index in [4.69, 9.17) is 10.5 Å². The van der Waals surface area contributed by atoms with Gasteiger partial charge in [-0.15, -0.1) is 0 Å². The van der Waals surface area contributed by atoms with Crippen molar-refractivity contribution in [2.75, 3.05) is 6.61 Å². The van der Waals surface area contributed by atoms with Crippen LogP contribution in [0.5, 0.6) is 0 Å². The third-order valence-corrected chi connectivity index (χ3v) is 2.01. The van der Waals surface area contributed by atoms with E-state index >= 15 is 0 Å². The molecule has 0 spiro atoms. The van der Waals surface area contributed by atoms with Gasteiger partial charge in [-0.05, 0) is 31.5 Å². The average molecular weight is 211 g/mol. The summed E-state index contributed by atoms with van der Waals surface area (Å²) in [5, 5.41) is 0. The Morgan fingerprint density at radius 3 is 2.73 bits per heavy atom. The molecule has 0 heterocycles. The van der Waals surface area contributed by atoms with Gasteiger partial charge in [-0.3, -0.25) is 0 Å². The fraction of sp³-hybridized carbons (Fsp3) is 0.364. The first-order valence-electron chi connectivity index (χ1n) is 4.78. The quantitative estimate of drug-likeness (QED) is 0.778. The van der Waals surface area contributed by atoms with E-state index in [-0.39, 0.29) is 18.2 Å². The van der Waals surface area contributed by atoms with Gasteiger partial charge in [-0.2, -0.15) is 0 Å². The van der Waals surface area contributed by atoms with E-state index in [9.17, 15) is 9.18 Å². The lowest BCUT2D eigenvalue weighted by Gasteiger charge is -2.08. The van der Waals surface area contributed by atoms with Crippen LogP contribution in [0.25, 0.3) is 0 Å². The zero-order chi connectivity index (χ0) is 11.4. The maximum Gasteiger partial charge on any atom is 0.341 e. The van der Waals surface area contributed by atoms with Crippen molar-refractivity contribution < 1.29 is 13.9 Å². The second-order valence-corrected chi connectivity index (χ2v) is 3.25. The van der Waals surface area contributed by atoms with Gasteiger partial charge in [0.2, 0.25) is 0 Å². The van der Waals surface area contributed by atoms with Crippen LogP contribution >= 0.6 is 0 Å². The third-order valence-electron chi connectivity index (χ3n) is 2.01. The summed E-state index contributed by atoms with van der Waals surface area (Å²) < 4.78 is 18.1. The normalized spacial score (nSPS) is 12.3. The first-order chi connectivity index (χ1) is 7.06. The summed E-state index contributed by atoms with van der Waals surface area (Å²) in [7, 11) is 0. The SMILES string of the molecule is CCOC(=O)c1ccc([C@H](C)N)cc1F. The molecule has 1 aromatic rings. The van der Waals surface area contributed by atoms with E-state index in [0.717, 1.165) is 0 Å². The zero-order valence-electron chi connectivity index (χ0n) is 8.79. The molecule has 0 radical (unpaired) electrons. The topological polar surface area (TPSA) is 52.3 Å². The number of rotatable bonds is 3. The fourth-order valence-corrected chi connectivity index (χ4v) is 1.19. The Morgan fingerprint density at radius 2 is 2.27 bits per heavy atom. The molecule has 0 aliphatic carbocycles. The predicted molar refractivity (Wildman–Crippen MR) is 55.0 cm³/mol. The molecule has 4 heteroatoms. The van der Waals surface area contributed by atoms with Crippen LogP contribution in [0, 0.1) is 5.82 Å². The Hall–Kier alpha value is -1.42. The molecule has 1 atom stereocenters. The van der Waals surface area contributed by atoms with Gasteiger partial charge >= 0.3 is 5.97 Å². The summed E-state index contributed by atoms with van der Waals surface area (Å²) in [6.45, 7) is 3.65. The third kappa shape index (κ3) is 2.76. The van der Waals surface area contributed by atoms with Crippen LogP contribution in [0.3, 0.4) is 0 Å². The van der Waals surface area contributed by atoms with E-state index in [0.29, 0.717) is 5.56 Å². The van der Waals surface area contributed by atoms with Crippen molar-refractivity contribution in [3.63, 3.8) is 0 Å². The summed E-state index contributed by atoms with van der Waals surface area (Å²) in [5.74, 6) is -1.24. The molecule has 0 amide bonds. The average Bonchev–Trinajstić information content (AvgIpc) is 2.17. The van der Waals surface area contributed by atoms with Gasteiger partial charge in [0.25, 0.3) is 0 Å². The van der Waals surface area contributed by atoms with Gasteiger partial charge in [0, 0.05) is 6.04 Å². The number of hydrogen-bond donors (Lipinski definition) is 1. The second-order valence-electron chi connectivity index (χ2n) is 3.25. The molecule has 0 aliphatic rings. The molecule has 1 rings (SSSR count). The molecular formula is C11H14FNO2. The zero-order valence-corrected chi connectivity index (χ0v) is 8.79. The molecule has 15 heavy (non-hydrogen) atoms. The Labute approximate surface area is 88.0 Å². The van der Waals surface area contributed by atoms with Crippen LogP contribution in [0.15, 0.2) is 18.2 Å². The predicted octanol–water partition coefficient (Wildman–Crippen LogP) is 2.02. The molecule has 2 N–H and O–H groups in total. The Kier molecular flexibility index (Phi) is 3.80. The van der Waals surface area contributed by atoms with Gasteiger partial charge in [0.1, 0.15) is 5.82 Å². The minimum atomic E-state index is -0.647. The van der Waals surface area contributed by atoms with Crippen molar-refractivity contribution in [1.82, 2.24) is 0 Å². The summed E-state index contributed by atoms with van der Waals surface area (Å²) in [6, 6.07) is 4.03. The Bertz CT molecular complexity index is 364. The number of carbonyl (C=O) groups excluding carboxylic acids is 1. The molecule has 0 unspecified atom stereocenters. The molecule has 0 aromatic heterocycles. The number of hydrogen-bond acceptors (Lipinski definition) is 3. The highest BCUT2D eigenvalue weighted by Crippen LogP contribution is 2.15. The number of benzene rings is 1. The number of esters is 1. The maximum absolute atomic E-state index is 13.4. The molecule has 3 nitrogen and oxygen atoms in total. The van der Waals surface area contributed by atoms with E-state index < -0.39 is 11.8 Å². The fourth-order valence-electron chi connectivity index (χ4n) is 1.19. The van der Waals surface area contributed by atoms with Gasteiger partial charge in [-0.25, -0.2) is 9.18 Å². The summed E-state index contributed by atoms with van der Waals surface area (Å²) in [5.41, 5.74) is 6.18. The van der Waals surface area contributed by atoms with E-state index in [1.54, 1.807) is 19.9 Å². The first kappa shape index (κ1) is 11.7. The van der Waals surface area contributed by atoms with Crippen LogP contribution in [0.4, 0.5) is 4.39 Å². The van der Waals surface area contributed by atoms with Crippen molar-refractivity contribution >= 4 is 5.97 Å². The number of nitrogens with two attached hydrogens (primary N) is 1. The van der Waals surface area contributed by atoms with Crippen molar-refractivity contribution in [3.8, 4) is 0 Å². The summed E-state index contributed by atoms with van der Waals surface area (Å²) >= 11 is 0. The van der Waals surface area contributed by atoms with Gasteiger partial charge in [0.05, 0.1) is 12.2 Å². The number of halogens is 1. The van der Waals surface area contributed by atoms with Gasteiger partial charge in [-0.1, -0.05) is 6.07 Å². The minimum Gasteiger partial charge on any atom is -0.462 e. The molecule has 82 valence electrons. The summed E-state index contributed by atoms with van der Waals surface area (Å²) in [4.78, 5) is 11.3. The highest BCUT2D eigenvalue weighted by atomic mass is 19.1. The van der Waals surface area contributed by atoms with Gasteiger partial charge < -0.3 is 10.5 Å². The minimum absolute atomic E-state index is 0.0544. The molecular weight excluding hydrogens is 197 g/mol. The molecule has 0 saturated carbocycles. The monoisotopic (exact) mass is 211 g/mol. The second kappa shape index (κ2) is 4.89. The molecule has 0 saturated heterocycles. The molecule has 1 aromatic carbocycles. The summed E-state index contributed by atoms with van der Waals surface area (Å²) in [6.07, 6.45) is 0. The lowest BCUT2D eigenvalue weighted by Crippen LogP contribution is -2.10. The van der Waals surface area contributed by atoms with E-state index in [1.807, 2.05) is 0 Å².